The van der Waals surface area contributed by atoms with Gasteiger partial charge in [0.15, 0.2) is 0 Å². The number of rotatable bonds is 1. The van der Waals surface area contributed by atoms with E-state index in [9.17, 15) is 4.39 Å². The molecule has 0 saturated carbocycles. The van der Waals surface area contributed by atoms with E-state index in [-0.39, 0.29) is 10.8 Å². The molecule has 0 atom stereocenters. The minimum atomic E-state index is -0.382. The Balaban J connectivity index is 3.21. The molecule has 0 aliphatic carbocycles. The average Bonchev–Trinajstić information content (AvgIpc) is 1.99. The van der Waals surface area contributed by atoms with Gasteiger partial charge < -0.3 is 4.74 Å². The van der Waals surface area contributed by atoms with Crippen molar-refractivity contribution in [1.82, 2.24) is 0 Å². The highest BCUT2D eigenvalue weighted by molar-refractivity contribution is 6.30. The molecule has 0 saturated heterocycles. The molecule has 0 fully saturated rings. The van der Waals surface area contributed by atoms with Crippen LogP contribution in [-0.4, -0.2) is 7.11 Å². The van der Waals surface area contributed by atoms with E-state index in [2.05, 4.69) is 0 Å². The minimum Gasteiger partial charge on any atom is -0.497 e. The van der Waals surface area contributed by atoms with Crippen LogP contribution in [0, 0.1) is 12.7 Å². The molecule has 1 aromatic carbocycles. The van der Waals surface area contributed by atoms with Crippen molar-refractivity contribution in [3.8, 4) is 5.75 Å². The molecule has 0 aliphatic rings. The second kappa shape index (κ2) is 3.09. The first kappa shape index (κ1) is 8.34. The van der Waals surface area contributed by atoms with Gasteiger partial charge >= 0.3 is 0 Å². The zero-order chi connectivity index (χ0) is 8.43. The summed E-state index contributed by atoms with van der Waals surface area (Å²) in [6.45, 7) is 1.64. The third-order valence-corrected chi connectivity index (χ3v) is 1.69. The van der Waals surface area contributed by atoms with E-state index in [0.717, 1.165) is 0 Å². The normalized spacial score (nSPS) is 9.82. The predicted octanol–water partition coefficient (Wildman–Crippen LogP) is 2.80. The Bertz CT molecular complexity index is 250. The molecule has 0 heterocycles. The fourth-order valence-electron chi connectivity index (χ4n) is 0.813. The summed E-state index contributed by atoms with van der Waals surface area (Å²) in [5, 5.41) is 0.0989. The van der Waals surface area contributed by atoms with Crippen LogP contribution < -0.4 is 4.74 Å². The lowest BCUT2D eigenvalue weighted by molar-refractivity contribution is 0.413. The number of halogens is 2. The summed E-state index contributed by atoms with van der Waals surface area (Å²) >= 11 is 5.54. The summed E-state index contributed by atoms with van der Waals surface area (Å²) in [4.78, 5) is 0. The summed E-state index contributed by atoms with van der Waals surface area (Å²) in [6.07, 6.45) is 0. The van der Waals surface area contributed by atoms with Gasteiger partial charge in [-0.15, -0.1) is 0 Å². The van der Waals surface area contributed by atoms with Gasteiger partial charge in [0.2, 0.25) is 0 Å². The Labute approximate surface area is 69.7 Å². The van der Waals surface area contributed by atoms with Crippen molar-refractivity contribution in [3.05, 3.63) is 28.5 Å². The molecule has 1 nitrogen and oxygen atoms in total. The van der Waals surface area contributed by atoms with Crippen LogP contribution in [0.15, 0.2) is 12.1 Å². The average molecular weight is 175 g/mol. The van der Waals surface area contributed by atoms with Gasteiger partial charge in [0.1, 0.15) is 11.6 Å². The SMILES string of the molecule is COc1cc(C)c(F)c(Cl)c1. The standard InChI is InChI=1S/C8H8ClFO/c1-5-3-6(11-2)4-7(9)8(5)10/h3-4H,1-2H3. The molecule has 3 heteroatoms. The molecule has 0 radical (unpaired) electrons. The molecule has 0 bridgehead atoms. The lowest BCUT2D eigenvalue weighted by Crippen LogP contribution is -1.88. The van der Waals surface area contributed by atoms with E-state index in [1.807, 2.05) is 0 Å². The molecule has 60 valence electrons. The highest BCUT2D eigenvalue weighted by atomic mass is 35.5. The second-order valence-electron chi connectivity index (χ2n) is 2.24. The smallest absolute Gasteiger partial charge is 0.144 e. The largest absolute Gasteiger partial charge is 0.497 e. The Hall–Kier alpha value is -0.760. The summed E-state index contributed by atoms with van der Waals surface area (Å²) in [5.41, 5.74) is 0.495. The maximum absolute atomic E-state index is 12.9. The van der Waals surface area contributed by atoms with E-state index in [1.54, 1.807) is 13.0 Å². The van der Waals surface area contributed by atoms with Crippen LogP contribution in [0.5, 0.6) is 5.75 Å². The Morgan fingerprint density at radius 1 is 1.45 bits per heavy atom. The van der Waals surface area contributed by atoms with Gasteiger partial charge in [-0.3, -0.25) is 0 Å². The lowest BCUT2D eigenvalue weighted by Gasteiger charge is -2.03. The topological polar surface area (TPSA) is 9.23 Å². The quantitative estimate of drug-likeness (QED) is 0.636. The van der Waals surface area contributed by atoms with Crippen LogP contribution in [0.25, 0.3) is 0 Å². The van der Waals surface area contributed by atoms with Gasteiger partial charge in [-0.2, -0.15) is 0 Å². The molecular formula is C8H8ClFO. The number of hydrogen-bond donors (Lipinski definition) is 0. The molecule has 1 aromatic rings. The first-order valence-electron chi connectivity index (χ1n) is 3.15. The lowest BCUT2D eigenvalue weighted by atomic mass is 10.2. The molecule has 1 rings (SSSR count). The highest BCUT2D eigenvalue weighted by Gasteiger charge is 2.04. The van der Waals surface area contributed by atoms with Crippen LogP contribution >= 0.6 is 11.6 Å². The van der Waals surface area contributed by atoms with Crippen LogP contribution in [0.4, 0.5) is 4.39 Å². The fraction of sp³-hybridized carbons (Fsp3) is 0.250. The van der Waals surface area contributed by atoms with Crippen molar-refractivity contribution in [2.45, 2.75) is 6.92 Å². The zero-order valence-electron chi connectivity index (χ0n) is 6.32. The highest BCUT2D eigenvalue weighted by Crippen LogP contribution is 2.24. The zero-order valence-corrected chi connectivity index (χ0v) is 7.07. The molecule has 0 aromatic heterocycles. The molecule has 0 aliphatic heterocycles. The van der Waals surface area contributed by atoms with E-state index in [1.165, 1.54) is 13.2 Å². The van der Waals surface area contributed by atoms with Crippen molar-refractivity contribution < 1.29 is 9.13 Å². The summed E-state index contributed by atoms with van der Waals surface area (Å²) in [6, 6.07) is 3.05. The third-order valence-electron chi connectivity index (χ3n) is 1.42. The predicted molar refractivity (Wildman–Crippen MR) is 42.7 cm³/mol. The van der Waals surface area contributed by atoms with Crippen LogP contribution in [0.1, 0.15) is 5.56 Å². The number of ether oxygens (including phenoxy) is 1. The van der Waals surface area contributed by atoms with Crippen molar-refractivity contribution in [2.75, 3.05) is 7.11 Å². The van der Waals surface area contributed by atoms with E-state index in [4.69, 9.17) is 16.3 Å². The molecule has 0 unspecified atom stereocenters. The monoisotopic (exact) mass is 174 g/mol. The molecular weight excluding hydrogens is 167 g/mol. The fourth-order valence-corrected chi connectivity index (χ4v) is 1.07. The van der Waals surface area contributed by atoms with Gasteiger partial charge in [0.05, 0.1) is 12.1 Å². The van der Waals surface area contributed by atoms with Gasteiger partial charge in [0, 0.05) is 6.07 Å². The van der Waals surface area contributed by atoms with Gasteiger partial charge in [-0.1, -0.05) is 11.6 Å². The summed E-state index contributed by atoms with van der Waals surface area (Å²) in [7, 11) is 1.52. The van der Waals surface area contributed by atoms with Crippen LogP contribution in [0.3, 0.4) is 0 Å². The maximum atomic E-state index is 12.9. The van der Waals surface area contributed by atoms with Crippen molar-refractivity contribution in [1.29, 1.82) is 0 Å². The number of hydrogen-bond acceptors (Lipinski definition) is 1. The summed E-state index contributed by atoms with van der Waals surface area (Å²) in [5.74, 6) is 0.196. The van der Waals surface area contributed by atoms with Crippen LogP contribution in [-0.2, 0) is 0 Å². The van der Waals surface area contributed by atoms with Gasteiger partial charge in [-0.05, 0) is 18.6 Å². The van der Waals surface area contributed by atoms with E-state index in [0.29, 0.717) is 11.3 Å². The van der Waals surface area contributed by atoms with Gasteiger partial charge in [-0.25, -0.2) is 4.39 Å². The van der Waals surface area contributed by atoms with Crippen molar-refractivity contribution in [2.24, 2.45) is 0 Å². The Morgan fingerprint density at radius 3 is 2.55 bits per heavy atom. The first-order chi connectivity index (χ1) is 5.15. The maximum Gasteiger partial charge on any atom is 0.144 e. The van der Waals surface area contributed by atoms with Crippen molar-refractivity contribution in [3.63, 3.8) is 0 Å². The van der Waals surface area contributed by atoms with Crippen molar-refractivity contribution >= 4 is 11.6 Å². The summed E-state index contributed by atoms with van der Waals surface area (Å²) < 4.78 is 17.7. The van der Waals surface area contributed by atoms with Crippen LogP contribution in [0.2, 0.25) is 5.02 Å². The minimum absolute atomic E-state index is 0.0989. The first-order valence-corrected chi connectivity index (χ1v) is 3.52. The number of methoxy groups -OCH3 is 1. The van der Waals surface area contributed by atoms with Gasteiger partial charge in [0.25, 0.3) is 0 Å². The molecule has 0 amide bonds. The second-order valence-corrected chi connectivity index (χ2v) is 2.65. The Morgan fingerprint density at radius 2 is 2.09 bits per heavy atom. The number of aryl methyl sites for hydroxylation is 1. The van der Waals surface area contributed by atoms with E-state index < -0.39 is 0 Å². The third kappa shape index (κ3) is 1.63. The molecule has 0 N–H and O–H groups in total. The Kier molecular flexibility index (Phi) is 2.35. The molecule has 0 spiro atoms. The molecule has 11 heavy (non-hydrogen) atoms. The number of benzene rings is 1. The van der Waals surface area contributed by atoms with E-state index >= 15 is 0 Å².